The third-order valence-electron chi connectivity index (χ3n) is 5.42. The molecule has 140 valence electrons. The van der Waals surface area contributed by atoms with Crippen molar-refractivity contribution < 1.29 is 0 Å². The molecule has 0 amide bonds. The molecule has 0 saturated heterocycles. The summed E-state index contributed by atoms with van der Waals surface area (Å²) in [5.41, 5.74) is 8.73. The number of aryl methyl sites for hydroxylation is 2. The molecular formula is C27H21NS. The van der Waals surface area contributed by atoms with E-state index in [0.29, 0.717) is 0 Å². The normalized spacial score (nSPS) is 11.1. The molecule has 0 aliphatic heterocycles. The number of nitrogens with zero attached hydrogens (tertiary/aromatic N) is 1. The Kier molecular flexibility index (Phi) is 4.49. The van der Waals surface area contributed by atoms with Crippen LogP contribution in [0.4, 0.5) is 0 Å². The molecular weight excluding hydrogens is 370 g/mol. The summed E-state index contributed by atoms with van der Waals surface area (Å²) in [6.45, 7) is 4.36. The van der Waals surface area contributed by atoms with E-state index in [1.54, 1.807) is 0 Å². The van der Waals surface area contributed by atoms with E-state index < -0.39 is 0 Å². The molecule has 2 heterocycles. The van der Waals surface area contributed by atoms with Gasteiger partial charge >= 0.3 is 0 Å². The van der Waals surface area contributed by atoms with Crippen LogP contribution in [-0.2, 0) is 0 Å². The van der Waals surface area contributed by atoms with Crippen LogP contribution >= 0.6 is 11.3 Å². The molecule has 5 aromatic rings. The van der Waals surface area contributed by atoms with Crippen molar-refractivity contribution in [2.75, 3.05) is 0 Å². The van der Waals surface area contributed by atoms with Gasteiger partial charge in [0, 0.05) is 16.6 Å². The molecule has 0 N–H and O–H groups in total. The molecule has 0 aliphatic rings. The lowest BCUT2D eigenvalue weighted by Gasteiger charge is -2.10. The molecule has 0 bridgehead atoms. The second-order valence-electron chi connectivity index (χ2n) is 7.40. The number of hydrogen-bond acceptors (Lipinski definition) is 2. The molecule has 3 aromatic carbocycles. The largest absolute Gasteiger partial charge is 0.255 e. The Morgan fingerprint density at radius 1 is 0.655 bits per heavy atom. The van der Waals surface area contributed by atoms with E-state index in [4.69, 9.17) is 0 Å². The first-order valence-electron chi connectivity index (χ1n) is 9.82. The highest BCUT2D eigenvalue weighted by atomic mass is 32.1. The van der Waals surface area contributed by atoms with Crippen molar-refractivity contribution >= 4 is 21.4 Å². The van der Waals surface area contributed by atoms with Crippen LogP contribution in [0.1, 0.15) is 11.1 Å². The summed E-state index contributed by atoms with van der Waals surface area (Å²) in [7, 11) is 0. The summed E-state index contributed by atoms with van der Waals surface area (Å²) in [5.74, 6) is 0. The Morgan fingerprint density at radius 2 is 1.34 bits per heavy atom. The smallest absolute Gasteiger partial charge is 0.0880 e. The standard InChI is InChI=1S/C27H21NS/c1-18-7-6-8-19(2)25(18)21-13-11-20(12-14-21)24-17-23-15-16-28-26(27(23)29-24)22-9-4-3-5-10-22/h3-17H,1-2H3. The minimum absolute atomic E-state index is 1.06. The summed E-state index contributed by atoms with van der Waals surface area (Å²) in [6.07, 6.45) is 1.91. The number of benzene rings is 3. The number of pyridine rings is 1. The van der Waals surface area contributed by atoms with E-state index in [-0.39, 0.29) is 0 Å². The van der Waals surface area contributed by atoms with Gasteiger partial charge in [-0.3, -0.25) is 4.98 Å². The predicted molar refractivity (Wildman–Crippen MR) is 125 cm³/mol. The van der Waals surface area contributed by atoms with Crippen molar-refractivity contribution in [1.29, 1.82) is 0 Å². The maximum Gasteiger partial charge on any atom is 0.0880 e. The molecule has 0 atom stereocenters. The molecule has 0 aliphatic carbocycles. The zero-order valence-electron chi connectivity index (χ0n) is 16.5. The Bertz CT molecular complexity index is 1280. The highest BCUT2D eigenvalue weighted by Crippen LogP contribution is 2.39. The van der Waals surface area contributed by atoms with Gasteiger partial charge in [0.15, 0.2) is 0 Å². The molecule has 5 rings (SSSR count). The second kappa shape index (κ2) is 7.31. The Balaban J connectivity index is 1.57. The van der Waals surface area contributed by atoms with Gasteiger partial charge in [-0.05, 0) is 59.2 Å². The highest BCUT2D eigenvalue weighted by molar-refractivity contribution is 7.22. The Morgan fingerprint density at radius 3 is 2.07 bits per heavy atom. The van der Waals surface area contributed by atoms with Crippen molar-refractivity contribution in [2.24, 2.45) is 0 Å². The third-order valence-corrected chi connectivity index (χ3v) is 6.63. The molecule has 2 aromatic heterocycles. The van der Waals surface area contributed by atoms with E-state index in [1.165, 1.54) is 42.8 Å². The van der Waals surface area contributed by atoms with Crippen molar-refractivity contribution in [3.05, 3.63) is 102 Å². The van der Waals surface area contributed by atoms with Gasteiger partial charge in [0.1, 0.15) is 0 Å². The maximum absolute atomic E-state index is 4.67. The topological polar surface area (TPSA) is 12.9 Å². The third kappa shape index (κ3) is 3.26. The van der Waals surface area contributed by atoms with Gasteiger partial charge in [-0.15, -0.1) is 11.3 Å². The maximum atomic E-state index is 4.67. The summed E-state index contributed by atoms with van der Waals surface area (Å²) in [4.78, 5) is 5.94. The molecule has 29 heavy (non-hydrogen) atoms. The molecule has 2 heteroatoms. The van der Waals surface area contributed by atoms with E-state index in [1.807, 2.05) is 23.6 Å². The fraction of sp³-hybridized carbons (Fsp3) is 0.0741. The Labute approximate surface area is 175 Å². The van der Waals surface area contributed by atoms with Crippen molar-refractivity contribution in [2.45, 2.75) is 13.8 Å². The van der Waals surface area contributed by atoms with Crippen molar-refractivity contribution in [3.63, 3.8) is 0 Å². The van der Waals surface area contributed by atoms with Gasteiger partial charge in [0.2, 0.25) is 0 Å². The highest BCUT2D eigenvalue weighted by Gasteiger charge is 2.11. The zero-order valence-corrected chi connectivity index (χ0v) is 17.3. The lowest BCUT2D eigenvalue weighted by Crippen LogP contribution is -1.87. The average Bonchev–Trinajstić information content (AvgIpc) is 3.19. The van der Waals surface area contributed by atoms with Gasteiger partial charge in [-0.25, -0.2) is 0 Å². The number of aromatic nitrogens is 1. The average molecular weight is 392 g/mol. The van der Waals surface area contributed by atoms with Gasteiger partial charge in [-0.1, -0.05) is 72.8 Å². The van der Waals surface area contributed by atoms with Crippen LogP contribution in [0.5, 0.6) is 0 Å². The lowest BCUT2D eigenvalue weighted by molar-refractivity contribution is 1.37. The summed E-state index contributed by atoms with van der Waals surface area (Å²) >= 11 is 1.82. The first-order chi connectivity index (χ1) is 14.2. The molecule has 0 unspecified atom stereocenters. The van der Waals surface area contributed by atoms with E-state index in [9.17, 15) is 0 Å². The van der Waals surface area contributed by atoms with Crippen LogP contribution in [0, 0.1) is 13.8 Å². The predicted octanol–water partition coefficient (Wildman–Crippen LogP) is 7.91. The Hall–Kier alpha value is -3.23. The monoisotopic (exact) mass is 391 g/mol. The molecule has 0 radical (unpaired) electrons. The summed E-state index contributed by atoms with van der Waals surface area (Å²) in [5, 5.41) is 1.25. The molecule has 0 fully saturated rings. The first kappa shape index (κ1) is 17.8. The fourth-order valence-electron chi connectivity index (χ4n) is 3.98. The lowest BCUT2D eigenvalue weighted by atomic mass is 9.95. The van der Waals surface area contributed by atoms with Crippen molar-refractivity contribution in [1.82, 2.24) is 4.98 Å². The summed E-state index contributed by atoms with van der Waals surface area (Å²) in [6, 6.07) is 30.3. The van der Waals surface area contributed by atoms with Crippen LogP contribution in [0.15, 0.2) is 91.1 Å². The van der Waals surface area contributed by atoms with Crippen LogP contribution in [0.25, 0.3) is 42.9 Å². The molecule has 1 nitrogen and oxygen atoms in total. The fourth-order valence-corrected chi connectivity index (χ4v) is 5.15. The minimum atomic E-state index is 1.06. The first-order valence-corrected chi connectivity index (χ1v) is 10.6. The van der Waals surface area contributed by atoms with Gasteiger partial charge in [-0.2, -0.15) is 0 Å². The van der Waals surface area contributed by atoms with Gasteiger partial charge < -0.3 is 0 Å². The quantitative estimate of drug-likeness (QED) is 0.304. The zero-order chi connectivity index (χ0) is 19.8. The van der Waals surface area contributed by atoms with E-state index >= 15 is 0 Å². The van der Waals surface area contributed by atoms with Gasteiger partial charge in [0.25, 0.3) is 0 Å². The van der Waals surface area contributed by atoms with Crippen molar-refractivity contribution in [3.8, 4) is 32.8 Å². The van der Waals surface area contributed by atoms with Gasteiger partial charge in [0.05, 0.1) is 10.4 Å². The summed E-state index contributed by atoms with van der Waals surface area (Å²) < 4.78 is 1.24. The number of thiophene rings is 1. The second-order valence-corrected chi connectivity index (χ2v) is 8.45. The minimum Gasteiger partial charge on any atom is -0.255 e. The number of hydrogen-bond donors (Lipinski definition) is 0. The van der Waals surface area contributed by atoms with Crippen LogP contribution in [-0.4, -0.2) is 4.98 Å². The number of rotatable bonds is 3. The van der Waals surface area contributed by atoms with Crippen LogP contribution < -0.4 is 0 Å². The van der Waals surface area contributed by atoms with E-state index in [0.717, 1.165) is 11.3 Å². The van der Waals surface area contributed by atoms with Crippen LogP contribution in [0.2, 0.25) is 0 Å². The molecule has 0 spiro atoms. The molecule has 0 saturated carbocycles. The number of fused-ring (bicyclic) bond motifs is 1. The van der Waals surface area contributed by atoms with E-state index in [2.05, 4.69) is 97.7 Å². The van der Waals surface area contributed by atoms with Crippen LogP contribution in [0.3, 0.4) is 0 Å². The SMILES string of the molecule is Cc1cccc(C)c1-c1ccc(-c2cc3ccnc(-c4ccccc4)c3s2)cc1.